The van der Waals surface area contributed by atoms with E-state index in [4.69, 9.17) is 0 Å². The Labute approximate surface area is 307 Å². The van der Waals surface area contributed by atoms with Crippen LogP contribution in [-0.4, -0.2) is 55.7 Å². The van der Waals surface area contributed by atoms with Crippen LogP contribution in [0.5, 0.6) is 0 Å². The second-order valence-electron chi connectivity index (χ2n) is 11.5. The Balaban J connectivity index is 1.80. The number of halogens is 12. The molecule has 0 radical (unpaired) electrons. The Bertz CT molecular complexity index is 2350. The second-order valence-corrected chi connectivity index (χ2v) is 18.7. The lowest BCUT2D eigenvalue weighted by Gasteiger charge is -2.33. The maximum atomic E-state index is 14.3. The fraction of sp³-hybridized carbons (Fsp3) is 0.214. The van der Waals surface area contributed by atoms with E-state index in [1.165, 1.54) is 0 Å². The van der Waals surface area contributed by atoms with Crippen LogP contribution in [-0.2, 0) is 40.1 Å². The first-order valence-electron chi connectivity index (χ1n) is 14.5. The van der Waals surface area contributed by atoms with E-state index >= 15 is 0 Å². The van der Waals surface area contributed by atoms with Crippen molar-refractivity contribution in [3.05, 3.63) is 96.1 Å². The molecule has 0 amide bonds. The highest BCUT2D eigenvalue weighted by Crippen LogP contribution is 2.59. The van der Waals surface area contributed by atoms with Gasteiger partial charge in [0.05, 0.1) is 22.7 Å². The van der Waals surface area contributed by atoms with Crippen LogP contribution in [0.4, 0.5) is 75.4 Å². The summed E-state index contributed by atoms with van der Waals surface area (Å²) in [6, 6.07) is 9.31. The van der Waals surface area contributed by atoms with Crippen LogP contribution in [0, 0.1) is 0 Å². The summed E-state index contributed by atoms with van der Waals surface area (Å²) < 4.78 is 274. The van der Waals surface area contributed by atoms with Gasteiger partial charge in [-0.25, -0.2) is 17.2 Å². The number of hydrogen-bond acceptors (Lipinski definition) is 8. The van der Waals surface area contributed by atoms with E-state index in [0.717, 1.165) is 42.5 Å². The van der Waals surface area contributed by atoms with Crippen molar-refractivity contribution in [1.29, 1.82) is 0 Å². The molecule has 2 aliphatic carbocycles. The molecule has 2 heterocycles. The minimum Gasteiger partial charge on any atom is -0.233 e. The van der Waals surface area contributed by atoms with E-state index in [1.54, 1.807) is 0 Å². The maximum Gasteiger partial charge on any atom is 0.516 e. The van der Waals surface area contributed by atoms with Crippen molar-refractivity contribution in [3.63, 3.8) is 0 Å². The molecule has 6 rings (SSSR count). The van der Waals surface area contributed by atoms with Gasteiger partial charge in [0.2, 0.25) is 0 Å². The van der Waals surface area contributed by atoms with E-state index in [9.17, 15) is 86.4 Å². The van der Waals surface area contributed by atoms with Crippen LogP contribution in [0.15, 0.2) is 84.9 Å². The molecule has 4 aliphatic rings. The zero-order valence-electron chi connectivity index (χ0n) is 26.5. The van der Waals surface area contributed by atoms with Gasteiger partial charge in [-0.1, -0.05) is 54.6 Å². The molecule has 28 heteroatoms. The average molecular weight is 893 g/mol. The summed E-state index contributed by atoms with van der Waals surface area (Å²) in [4.78, 5) is 0. The molecule has 2 aromatic rings. The van der Waals surface area contributed by atoms with Gasteiger partial charge in [-0.05, 0) is 41.5 Å². The first kappa shape index (κ1) is 40.9. The summed E-state index contributed by atoms with van der Waals surface area (Å²) in [5, 5.41) is 0. The normalized spacial score (nSPS) is 16.9. The monoisotopic (exact) mass is 892 g/mol. The molecule has 12 nitrogen and oxygen atoms in total. The quantitative estimate of drug-likeness (QED) is 0.191. The zero-order chi connectivity index (χ0) is 42.0. The molecule has 0 saturated heterocycles. The standard InChI is InChI=1S/C28H16F12N4O8S4/c29-25(30,31)53(45,46)41-19-10-4-5-11-20(19)42(54(47,48)26(32,33)34)23(41)17-14-18(16-9-3-1-2-8-15(16)17)24-43(55(49,50)27(35,36)37)21-12-6-7-13-22(21)44(24)56(51,52)28(38,39)40/h1-14,23-24H. The molecular formula is C28H16F12N4O8S4. The van der Waals surface area contributed by atoms with Crippen molar-refractivity contribution in [2.75, 3.05) is 17.2 Å². The zero-order valence-corrected chi connectivity index (χ0v) is 29.7. The number of benzene rings is 2. The molecule has 304 valence electrons. The summed E-state index contributed by atoms with van der Waals surface area (Å²) in [5.41, 5.74) is -35.7. The summed E-state index contributed by atoms with van der Waals surface area (Å²) in [5.74, 6) is 0. The third kappa shape index (κ3) is 5.76. The Morgan fingerprint density at radius 1 is 0.357 bits per heavy atom. The Morgan fingerprint density at radius 3 is 0.786 bits per heavy atom. The van der Waals surface area contributed by atoms with Gasteiger partial charge in [-0.15, -0.1) is 0 Å². The van der Waals surface area contributed by atoms with E-state index in [-0.39, 0.29) is 6.07 Å². The molecule has 0 aromatic heterocycles. The molecule has 0 bridgehead atoms. The van der Waals surface area contributed by atoms with E-state index in [0.29, 0.717) is 36.4 Å². The molecule has 0 N–H and O–H groups in total. The van der Waals surface area contributed by atoms with Crippen molar-refractivity contribution in [1.82, 2.24) is 0 Å². The van der Waals surface area contributed by atoms with Crippen LogP contribution in [0.1, 0.15) is 23.5 Å². The van der Waals surface area contributed by atoms with Gasteiger partial charge in [0.1, 0.15) is 0 Å². The van der Waals surface area contributed by atoms with Gasteiger partial charge in [0.15, 0.2) is 12.3 Å². The lowest BCUT2D eigenvalue weighted by atomic mass is 10.1. The van der Waals surface area contributed by atoms with Gasteiger partial charge in [0, 0.05) is 11.1 Å². The predicted octanol–water partition coefficient (Wildman–Crippen LogP) is 6.84. The number of fused-ring (bicyclic) bond motifs is 3. The fourth-order valence-corrected chi connectivity index (χ4v) is 10.7. The molecule has 0 unspecified atom stereocenters. The SMILES string of the molecule is O=S(=O)(N1c2ccccc2N(S(=O)(=O)C(F)(F)F)C1c1cc(C2N(S(=O)(=O)C(F)(F)F)c3ccccc3N2S(=O)(=O)C(F)(F)F)c2cccccc1-2)C(F)(F)F. The summed E-state index contributed by atoms with van der Waals surface area (Å²) in [6.07, 6.45) is -6.82. The number of rotatable bonds is 6. The van der Waals surface area contributed by atoms with Crippen LogP contribution >= 0.6 is 0 Å². The van der Waals surface area contributed by atoms with Gasteiger partial charge in [-0.2, -0.15) is 86.4 Å². The molecule has 0 spiro atoms. The molecule has 0 atom stereocenters. The third-order valence-electron chi connectivity index (χ3n) is 8.34. The largest absolute Gasteiger partial charge is 0.516 e. The highest BCUT2D eigenvalue weighted by molar-refractivity contribution is 7.95. The highest BCUT2D eigenvalue weighted by atomic mass is 32.2. The van der Waals surface area contributed by atoms with Gasteiger partial charge in [-0.3, -0.25) is 0 Å². The van der Waals surface area contributed by atoms with Crippen LogP contribution in [0.2, 0.25) is 0 Å². The Morgan fingerprint density at radius 2 is 0.571 bits per heavy atom. The summed E-state index contributed by atoms with van der Waals surface area (Å²) in [7, 11) is -28.1. The molecule has 0 fully saturated rings. The lowest BCUT2D eigenvalue weighted by Crippen LogP contribution is -2.49. The van der Waals surface area contributed by atoms with Crippen LogP contribution in [0.3, 0.4) is 0 Å². The fourth-order valence-electron chi connectivity index (χ4n) is 6.19. The number of nitrogens with zero attached hydrogens (tertiary/aromatic N) is 4. The van der Waals surface area contributed by atoms with E-state index in [2.05, 4.69) is 0 Å². The predicted molar refractivity (Wildman–Crippen MR) is 171 cm³/mol. The molecule has 56 heavy (non-hydrogen) atoms. The molecule has 2 aromatic carbocycles. The second kappa shape index (κ2) is 12.4. The average Bonchev–Trinajstić information content (AvgIpc) is 3.64. The van der Waals surface area contributed by atoms with Gasteiger partial charge < -0.3 is 0 Å². The minimum absolute atomic E-state index is 0.118. The number of anilines is 4. The topological polar surface area (TPSA) is 150 Å². The van der Waals surface area contributed by atoms with E-state index < -0.39 is 137 Å². The number of alkyl halides is 12. The van der Waals surface area contributed by atoms with Gasteiger partial charge in [0.25, 0.3) is 0 Å². The lowest BCUT2D eigenvalue weighted by molar-refractivity contribution is -0.0453. The minimum atomic E-state index is -7.02. The van der Waals surface area contributed by atoms with Crippen LogP contribution < -0.4 is 17.2 Å². The van der Waals surface area contributed by atoms with E-state index in [1.807, 2.05) is 0 Å². The summed E-state index contributed by atoms with van der Waals surface area (Å²) >= 11 is 0. The Hall–Kier alpha value is -4.70. The first-order valence-corrected chi connectivity index (χ1v) is 20.3. The van der Waals surface area contributed by atoms with Crippen molar-refractivity contribution in [3.8, 4) is 11.1 Å². The van der Waals surface area contributed by atoms with Gasteiger partial charge >= 0.3 is 62.1 Å². The van der Waals surface area contributed by atoms with Crippen molar-refractivity contribution in [2.24, 2.45) is 0 Å². The molecular weight excluding hydrogens is 877 g/mol. The van der Waals surface area contributed by atoms with Crippen LogP contribution in [0.25, 0.3) is 11.1 Å². The number of para-hydroxylation sites is 4. The van der Waals surface area contributed by atoms with Crippen molar-refractivity contribution < 1.29 is 86.4 Å². The summed E-state index contributed by atoms with van der Waals surface area (Å²) in [6.45, 7) is 0. The maximum absolute atomic E-state index is 14.3. The Kier molecular flexibility index (Phi) is 9.07. The van der Waals surface area contributed by atoms with Crippen molar-refractivity contribution >= 4 is 62.8 Å². The smallest absolute Gasteiger partial charge is 0.233 e. The number of sulfonamides is 4. The first-order chi connectivity index (χ1) is 25.4. The molecule has 0 saturated carbocycles. The molecule has 2 aliphatic heterocycles. The highest BCUT2D eigenvalue weighted by Gasteiger charge is 2.65. The number of hydrogen-bond donors (Lipinski definition) is 0. The third-order valence-corrected chi connectivity index (χ3v) is 14.3. The van der Waals surface area contributed by atoms with Crippen molar-refractivity contribution in [2.45, 2.75) is 34.4 Å².